The number of rotatable bonds is 0. The van der Waals surface area contributed by atoms with Crippen LogP contribution in [-0.4, -0.2) is 32.8 Å². The molecule has 0 aliphatic heterocycles. The van der Waals surface area contributed by atoms with E-state index in [9.17, 15) is 0 Å². The first-order valence-electron chi connectivity index (χ1n) is 4.07. The second kappa shape index (κ2) is 12.9. The molecule has 0 aliphatic carbocycles. The summed E-state index contributed by atoms with van der Waals surface area (Å²) >= 11 is 7.92. The zero-order chi connectivity index (χ0) is 11.6. The summed E-state index contributed by atoms with van der Waals surface area (Å²) in [5.74, 6) is 0. The van der Waals surface area contributed by atoms with Crippen LogP contribution in [0.1, 0.15) is 16.7 Å². The molecule has 0 N–H and O–H groups in total. The summed E-state index contributed by atoms with van der Waals surface area (Å²) in [6.07, 6.45) is 0. The molecule has 0 amide bonds. The van der Waals surface area contributed by atoms with E-state index in [0.717, 1.165) is 0 Å². The van der Waals surface area contributed by atoms with E-state index < -0.39 is 0 Å². The molecular formula is C9H11Br2ClLiMg. The third-order valence-corrected chi connectivity index (χ3v) is 1.28. The molecule has 0 fully saturated rings. The van der Waals surface area contributed by atoms with E-state index in [-0.39, 0.29) is 16.0 Å². The van der Waals surface area contributed by atoms with Crippen molar-refractivity contribution in [2.75, 3.05) is 0 Å². The van der Waals surface area contributed by atoms with Crippen molar-refractivity contribution in [1.82, 2.24) is 0 Å². The van der Waals surface area contributed by atoms with Crippen LogP contribution in [0, 0.1) is 26.8 Å². The van der Waals surface area contributed by atoms with Crippen LogP contribution in [0.15, 0.2) is 12.1 Å². The molecule has 0 heterocycles. The molecule has 1 aromatic carbocycles. The molecule has 14 heavy (non-hydrogen) atoms. The van der Waals surface area contributed by atoms with Gasteiger partial charge < -0.3 is 0 Å². The average Bonchev–Trinajstić information content (AvgIpc) is 2.06. The van der Waals surface area contributed by atoms with Crippen LogP contribution in [0.2, 0.25) is 0 Å². The van der Waals surface area contributed by atoms with E-state index >= 15 is 0 Å². The Kier molecular flexibility index (Phi) is 16.8. The zero-order valence-corrected chi connectivity index (χ0v) is 14.3. The normalized spacial score (nSPS) is 7.43. The van der Waals surface area contributed by atoms with Gasteiger partial charge in [-0.2, -0.15) is 0 Å². The van der Waals surface area contributed by atoms with E-state index in [1.807, 2.05) is 0 Å². The number of halogens is 3. The van der Waals surface area contributed by atoms with Crippen LogP contribution in [0.4, 0.5) is 0 Å². The zero-order valence-electron chi connectivity index (χ0n) is 9.00. The summed E-state index contributed by atoms with van der Waals surface area (Å²) in [4.78, 5) is 0. The maximum atomic E-state index is 4.64. The van der Waals surface area contributed by atoms with Crippen LogP contribution in [0.5, 0.6) is 0 Å². The van der Waals surface area contributed by atoms with Crippen LogP contribution in [-0.2, 0) is 0 Å². The third-order valence-electron chi connectivity index (χ3n) is 1.28. The van der Waals surface area contributed by atoms with Crippen molar-refractivity contribution in [2.45, 2.75) is 20.8 Å². The van der Waals surface area contributed by atoms with Crippen molar-refractivity contribution in [2.24, 2.45) is 0 Å². The second-order valence-electron chi connectivity index (χ2n) is 2.62. The summed E-state index contributed by atoms with van der Waals surface area (Å²) in [6, 6.07) is 7.47. The standard InChI is InChI=1S/C9H11.2BrH.ClH.Li.Mg/c1-7-4-8(2)6-9(3)5-7;;;;;/h4-5H,1-3H3;3*1H;;/q;;;;+1;+2/p-3. The molecule has 0 aromatic heterocycles. The van der Waals surface area contributed by atoms with Gasteiger partial charge in [-0.3, -0.25) is 25.8 Å². The Morgan fingerprint density at radius 2 is 1.43 bits per heavy atom. The molecule has 0 atom stereocenters. The summed E-state index contributed by atoms with van der Waals surface area (Å²) in [7, 11) is 4.64. The Labute approximate surface area is 122 Å². The van der Waals surface area contributed by atoms with Crippen LogP contribution in [0.3, 0.4) is 0 Å². The predicted octanol–water partition coefficient (Wildman–Crippen LogP) is 4.03. The summed E-state index contributed by atoms with van der Waals surface area (Å²) in [5, 5.41) is 0. The molecule has 0 spiro atoms. The van der Waals surface area contributed by atoms with Crippen LogP contribution < -0.4 is 0 Å². The van der Waals surface area contributed by atoms with E-state index in [0.29, 0.717) is 0 Å². The predicted molar refractivity (Wildman–Crippen MR) is 74.7 cm³/mol. The van der Waals surface area contributed by atoms with Crippen molar-refractivity contribution in [3.63, 3.8) is 0 Å². The first-order chi connectivity index (χ1) is 6.60. The minimum atomic E-state index is 0.0417. The molecule has 0 saturated carbocycles. The van der Waals surface area contributed by atoms with Gasteiger partial charge in [-0.05, 0) is 38.0 Å². The topological polar surface area (TPSA) is 0 Å². The van der Waals surface area contributed by atoms with Crippen molar-refractivity contribution < 1.29 is 0 Å². The van der Waals surface area contributed by atoms with Crippen molar-refractivity contribution >= 4 is 68.3 Å². The Balaban J connectivity index is 0. The average molecular weight is 346 g/mol. The van der Waals surface area contributed by atoms with Gasteiger partial charge in [0.05, 0.1) is 0 Å². The van der Waals surface area contributed by atoms with Gasteiger partial charge in [0.25, 0.3) is 0 Å². The maximum absolute atomic E-state index is 4.64. The van der Waals surface area contributed by atoms with Gasteiger partial charge in [-0.1, -0.05) is 17.7 Å². The number of aryl methyl sites for hydroxylation is 3. The number of hydrogen-bond donors (Lipinski definition) is 0. The molecule has 1 aromatic rings. The molecule has 5 heteroatoms. The second-order valence-corrected chi connectivity index (χ2v) is 10.7. The van der Waals surface area contributed by atoms with Gasteiger partial charge in [0.1, 0.15) is 0 Å². The molecular weight excluding hydrogens is 335 g/mol. The summed E-state index contributed by atoms with van der Waals surface area (Å²) in [6.45, 7) is 6.24. The molecule has 71 valence electrons. The third kappa shape index (κ3) is 11.9. The number of hydrogen-bond acceptors (Lipinski definition) is 0. The Morgan fingerprint density at radius 3 is 1.64 bits per heavy atom. The quantitative estimate of drug-likeness (QED) is 0.623. The van der Waals surface area contributed by atoms with Crippen molar-refractivity contribution in [3.05, 3.63) is 34.9 Å². The molecule has 0 bridgehead atoms. The first-order valence-corrected chi connectivity index (χ1v) is 12.6. The molecule has 0 saturated heterocycles. The van der Waals surface area contributed by atoms with Crippen LogP contribution in [0.25, 0.3) is 0 Å². The fraction of sp³-hybridized carbons (Fsp3) is 0.333. The first kappa shape index (κ1) is 18.2. The number of benzene rings is 1. The Morgan fingerprint density at radius 1 is 1.14 bits per heavy atom. The van der Waals surface area contributed by atoms with Gasteiger partial charge in [-0.25, -0.2) is 0 Å². The van der Waals surface area contributed by atoms with Crippen LogP contribution >= 0.6 is 35.6 Å². The SMILES string of the molecule is Cc1[c]c(C)cc(C)c1.[Br][Mg][Br].[Li][Cl]. The fourth-order valence-electron chi connectivity index (χ4n) is 1.11. The monoisotopic (exact) mass is 343 g/mol. The summed E-state index contributed by atoms with van der Waals surface area (Å²) < 4.78 is 0. The van der Waals surface area contributed by atoms with Gasteiger partial charge in [0.15, 0.2) is 0 Å². The van der Waals surface area contributed by atoms with Gasteiger partial charge in [-0.15, -0.1) is 0 Å². The Hall–Kier alpha value is 1.83. The molecule has 1 rings (SSSR count). The fourth-order valence-corrected chi connectivity index (χ4v) is 1.11. The van der Waals surface area contributed by atoms with Gasteiger partial charge in [0, 0.05) is 0 Å². The van der Waals surface area contributed by atoms with E-state index in [4.69, 9.17) is 0 Å². The van der Waals surface area contributed by atoms with Gasteiger partial charge in [0.2, 0.25) is 0 Å². The van der Waals surface area contributed by atoms with Crippen molar-refractivity contribution in [1.29, 1.82) is 0 Å². The van der Waals surface area contributed by atoms with E-state index in [1.165, 1.54) is 33.4 Å². The minimum absolute atomic E-state index is 0.0417. The van der Waals surface area contributed by atoms with Gasteiger partial charge >= 0.3 is 42.6 Å². The molecule has 0 unspecified atom stereocenters. The van der Waals surface area contributed by atoms with E-state index in [1.54, 1.807) is 0 Å². The molecule has 1 radical (unpaired) electrons. The molecule has 0 aliphatic rings. The van der Waals surface area contributed by atoms with E-state index in [2.05, 4.69) is 74.5 Å². The Bertz CT molecular complexity index is 196. The summed E-state index contributed by atoms with van der Waals surface area (Å²) in [5.41, 5.74) is 3.78. The molecule has 0 nitrogen and oxygen atoms in total. The van der Waals surface area contributed by atoms with Crippen molar-refractivity contribution in [3.8, 4) is 0 Å².